The minimum absolute atomic E-state index is 0.0229. The van der Waals surface area contributed by atoms with Crippen molar-refractivity contribution in [3.05, 3.63) is 34.9 Å². The molecule has 1 aliphatic heterocycles. The quantitative estimate of drug-likeness (QED) is 0.538. The van der Waals surface area contributed by atoms with E-state index in [1.165, 1.54) is 6.92 Å². The maximum atomic E-state index is 12.3. The predicted octanol–water partition coefficient (Wildman–Crippen LogP) is 1.56. The van der Waals surface area contributed by atoms with Crippen LogP contribution in [0.25, 0.3) is 0 Å². The number of aromatic nitrogens is 3. The van der Waals surface area contributed by atoms with E-state index >= 15 is 0 Å². The van der Waals surface area contributed by atoms with Crippen LogP contribution in [0.3, 0.4) is 0 Å². The highest BCUT2D eigenvalue weighted by molar-refractivity contribution is 7.92. The number of nitrogens with one attached hydrogen (secondary N) is 1. The fourth-order valence-electron chi connectivity index (χ4n) is 3.88. The number of anilines is 2. The SMILES string of the molecule is CC(=O)CS(=O)(=O)CCN(CCc1ccc(Cl)cc1)C1CCN(c2n[nH]c(N)n2)CC1. The second-order valence-corrected chi connectivity index (χ2v) is 10.6. The Bertz CT molecular complexity index is 971. The van der Waals surface area contributed by atoms with Crippen molar-refractivity contribution in [1.82, 2.24) is 20.1 Å². The summed E-state index contributed by atoms with van der Waals surface area (Å²) >= 11 is 5.97. The van der Waals surface area contributed by atoms with Crippen LogP contribution in [0.2, 0.25) is 5.02 Å². The fourth-order valence-corrected chi connectivity index (χ4v) is 5.28. The lowest BCUT2D eigenvalue weighted by Crippen LogP contribution is -2.47. The highest BCUT2D eigenvalue weighted by atomic mass is 35.5. The Morgan fingerprint density at radius 2 is 1.94 bits per heavy atom. The molecule has 0 bridgehead atoms. The molecule has 1 aromatic carbocycles. The Labute approximate surface area is 187 Å². The number of ketones is 1. The summed E-state index contributed by atoms with van der Waals surface area (Å²) in [6.45, 7) is 3.97. The van der Waals surface area contributed by atoms with Gasteiger partial charge in [-0.1, -0.05) is 23.7 Å². The summed E-state index contributed by atoms with van der Waals surface area (Å²) in [7, 11) is -3.41. The highest BCUT2D eigenvalue weighted by Gasteiger charge is 2.27. The topological polar surface area (TPSA) is 125 Å². The van der Waals surface area contributed by atoms with Gasteiger partial charge in [-0.3, -0.25) is 9.69 Å². The van der Waals surface area contributed by atoms with E-state index in [2.05, 4.69) is 25.0 Å². The number of sulfone groups is 1. The zero-order chi connectivity index (χ0) is 22.4. The third-order valence-electron chi connectivity index (χ3n) is 5.47. The molecule has 2 heterocycles. The number of aromatic amines is 1. The molecule has 1 saturated heterocycles. The van der Waals surface area contributed by atoms with Crippen LogP contribution in [-0.2, 0) is 21.1 Å². The number of carbonyl (C=O) groups is 1. The highest BCUT2D eigenvalue weighted by Crippen LogP contribution is 2.21. The summed E-state index contributed by atoms with van der Waals surface area (Å²) < 4.78 is 24.6. The van der Waals surface area contributed by atoms with Gasteiger partial charge in [0.2, 0.25) is 11.9 Å². The molecule has 2 aromatic rings. The van der Waals surface area contributed by atoms with Crippen LogP contribution >= 0.6 is 11.6 Å². The van der Waals surface area contributed by atoms with Gasteiger partial charge in [0.1, 0.15) is 11.5 Å². The lowest BCUT2D eigenvalue weighted by molar-refractivity contribution is -0.114. The number of Topliss-reactive ketones (excluding diaryl/α,β-unsaturated/α-hetero) is 1. The third kappa shape index (κ3) is 7.19. The van der Waals surface area contributed by atoms with Gasteiger partial charge < -0.3 is 10.6 Å². The molecule has 31 heavy (non-hydrogen) atoms. The summed E-state index contributed by atoms with van der Waals surface area (Å²) in [5, 5.41) is 7.46. The number of carbonyl (C=O) groups excluding carboxylic acids is 1. The van der Waals surface area contributed by atoms with Gasteiger partial charge in [0, 0.05) is 37.2 Å². The summed E-state index contributed by atoms with van der Waals surface area (Å²) in [5.74, 6) is 0.130. The Morgan fingerprint density at radius 1 is 1.26 bits per heavy atom. The average molecular weight is 469 g/mol. The number of nitrogens with zero attached hydrogens (tertiary/aromatic N) is 4. The van der Waals surface area contributed by atoms with E-state index in [9.17, 15) is 13.2 Å². The Hall–Kier alpha value is -2.17. The van der Waals surface area contributed by atoms with E-state index < -0.39 is 15.6 Å². The lowest BCUT2D eigenvalue weighted by atomic mass is 10.0. The lowest BCUT2D eigenvalue weighted by Gasteiger charge is -2.38. The summed E-state index contributed by atoms with van der Waals surface area (Å²) in [4.78, 5) is 19.8. The van der Waals surface area contributed by atoms with Crippen molar-refractivity contribution in [3.63, 3.8) is 0 Å². The molecule has 3 rings (SSSR count). The van der Waals surface area contributed by atoms with Crippen molar-refractivity contribution in [2.75, 3.05) is 48.3 Å². The number of piperidine rings is 1. The molecule has 170 valence electrons. The van der Waals surface area contributed by atoms with Gasteiger partial charge in [-0.2, -0.15) is 4.98 Å². The van der Waals surface area contributed by atoms with E-state index in [0.29, 0.717) is 17.5 Å². The predicted molar refractivity (Wildman–Crippen MR) is 122 cm³/mol. The average Bonchev–Trinajstić information content (AvgIpc) is 3.15. The van der Waals surface area contributed by atoms with Crippen molar-refractivity contribution >= 4 is 39.1 Å². The van der Waals surface area contributed by atoms with E-state index in [0.717, 1.165) is 44.5 Å². The molecule has 0 amide bonds. The molecule has 3 N–H and O–H groups in total. The summed E-state index contributed by atoms with van der Waals surface area (Å²) in [5.41, 5.74) is 6.77. The first-order valence-corrected chi connectivity index (χ1v) is 12.5. The molecule has 0 spiro atoms. The van der Waals surface area contributed by atoms with Crippen LogP contribution in [0.5, 0.6) is 0 Å². The molecule has 11 heteroatoms. The zero-order valence-electron chi connectivity index (χ0n) is 17.6. The van der Waals surface area contributed by atoms with Crippen molar-refractivity contribution in [1.29, 1.82) is 0 Å². The van der Waals surface area contributed by atoms with Crippen molar-refractivity contribution in [2.24, 2.45) is 0 Å². The summed E-state index contributed by atoms with van der Waals surface area (Å²) in [6, 6.07) is 7.94. The Balaban J connectivity index is 1.63. The molecule has 0 radical (unpaired) electrons. The number of nitrogens with two attached hydrogens (primary N) is 1. The number of H-pyrrole nitrogens is 1. The Kier molecular flexibility index (Phi) is 7.90. The first kappa shape index (κ1) is 23.5. The van der Waals surface area contributed by atoms with Crippen LogP contribution in [0, 0.1) is 0 Å². The minimum Gasteiger partial charge on any atom is -0.368 e. The standard InChI is InChI=1S/C20H29ClN6O3S/c1-15(28)14-31(29,30)13-12-26(9-6-16-2-4-17(21)5-3-16)18-7-10-27(11-8-18)20-23-19(22)24-25-20/h2-5,18H,6-14H2,1H3,(H3,22,23,24,25). The monoisotopic (exact) mass is 468 g/mol. The zero-order valence-corrected chi connectivity index (χ0v) is 19.2. The minimum atomic E-state index is -3.41. The molecule has 1 fully saturated rings. The fraction of sp³-hybridized carbons (Fsp3) is 0.550. The molecular formula is C20H29ClN6O3S. The van der Waals surface area contributed by atoms with E-state index in [1.54, 1.807) is 0 Å². The second kappa shape index (κ2) is 10.4. The van der Waals surface area contributed by atoms with Crippen LogP contribution in [0.15, 0.2) is 24.3 Å². The van der Waals surface area contributed by atoms with E-state index in [4.69, 9.17) is 17.3 Å². The molecular weight excluding hydrogens is 440 g/mol. The Morgan fingerprint density at radius 3 is 2.52 bits per heavy atom. The molecule has 1 aliphatic rings. The van der Waals surface area contributed by atoms with E-state index in [-0.39, 0.29) is 23.5 Å². The number of hydrogen-bond acceptors (Lipinski definition) is 8. The molecule has 0 aliphatic carbocycles. The molecule has 0 saturated carbocycles. The van der Waals surface area contributed by atoms with Crippen LogP contribution in [0.4, 0.5) is 11.9 Å². The van der Waals surface area contributed by atoms with Crippen LogP contribution in [0.1, 0.15) is 25.3 Å². The normalized spacial score (nSPS) is 15.5. The van der Waals surface area contributed by atoms with Crippen molar-refractivity contribution < 1.29 is 13.2 Å². The van der Waals surface area contributed by atoms with Gasteiger partial charge in [-0.15, -0.1) is 5.10 Å². The number of benzene rings is 1. The second-order valence-electron chi connectivity index (χ2n) is 7.95. The van der Waals surface area contributed by atoms with Gasteiger partial charge in [-0.05, 0) is 43.9 Å². The molecule has 9 nitrogen and oxygen atoms in total. The molecule has 0 atom stereocenters. The smallest absolute Gasteiger partial charge is 0.246 e. The number of hydrogen-bond donors (Lipinski definition) is 2. The van der Waals surface area contributed by atoms with Crippen LogP contribution in [-0.4, -0.2) is 78.0 Å². The van der Waals surface area contributed by atoms with Gasteiger partial charge in [0.25, 0.3) is 0 Å². The first-order chi connectivity index (χ1) is 14.7. The first-order valence-electron chi connectivity index (χ1n) is 10.3. The number of rotatable bonds is 10. The van der Waals surface area contributed by atoms with Gasteiger partial charge >= 0.3 is 0 Å². The van der Waals surface area contributed by atoms with Crippen molar-refractivity contribution in [3.8, 4) is 0 Å². The largest absolute Gasteiger partial charge is 0.368 e. The molecule has 0 unspecified atom stereocenters. The summed E-state index contributed by atoms with van der Waals surface area (Å²) in [6.07, 6.45) is 2.52. The van der Waals surface area contributed by atoms with Gasteiger partial charge in [0.15, 0.2) is 9.84 Å². The van der Waals surface area contributed by atoms with Gasteiger partial charge in [0.05, 0.1) is 5.75 Å². The molecule has 1 aromatic heterocycles. The maximum Gasteiger partial charge on any atom is 0.246 e. The van der Waals surface area contributed by atoms with E-state index in [1.807, 2.05) is 24.3 Å². The maximum absolute atomic E-state index is 12.3. The van der Waals surface area contributed by atoms with Crippen molar-refractivity contribution in [2.45, 2.75) is 32.2 Å². The number of nitrogen functional groups attached to an aromatic ring is 1. The van der Waals surface area contributed by atoms with Crippen LogP contribution < -0.4 is 10.6 Å². The third-order valence-corrected chi connectivity index (χ3v) is 7.37. The number of halogens is 1. The van der Waals surface area contributed by atoms with Gasteiger partial charge in [-0.25, -0.2) is 13.5 Å².